The Morgan fingerprint density at radius 1 is 1.50 bits per heavy atom. The van der Waals surface area contributed by atoms with E-state index in [-0.39, 0.29) is 11.9 Å². The van der Waals surface area contributed by atoms with E-state index in [1.165, 1.54) is 5.56 Å². The molecule has 0 fully saturated rings. The summed E-state index contributed by atoms with van der Waals surface area (Å²) in [6.45, 7) is 2.04. The molecule has 3 nitrogen and oxygen atoms in total. The molecule has 0 aliphatic carbocycles. The van der Waals surface area contributed by atoms with E-state index in [4.69, 9.17) is 5.73 Å². The van der Waals surface area contributed by atoms with Crippen LogP contribution in [0, 0.1) is 6.92 Å². The first kappa shape index (κ1) is 8.81. The second kappa shape index (κ2) is 3.18. The third-order valence-corrected chi connectivity index (χ3v) is 2.40. The molecule has 0 radical (unpaired) electrons. The van der Waals surface area contributed by atoms with Gasteiger partial charge in [-0.15, -0.1) is 0 Å². The fraction of sp³-hybridized carbons (Fsp3) is 0.182. The Morgan fingerprint density at radius 3 is 3.00 bits per heavy atom. The van der Waals surface area contributed by atoms with Gasteiger partial charge in [-0.1, -0.05) is 24.3 Å². The van der Waals surface area contributed by atoms with Gasteiger partial charge in [0, 0.05) is 11.3 Å². The van der Waals surface area contributed by atoms with E-state index in [0.29, 0.717) is 0 Å². The fourth-order valence-electron chi connectivity index (χ4n) is 1.60. The van der Waals surface area contributed by atoms with E-state index in [1.807, 2.05) is 31.2 Å². The summed E-state index contributed by atoms with van der Waals surface area (Å²) in [4.78, 5) is 11.0. The number of aryl methyl sites for hydroxylation is 1. The molecular weight excluding hydrogens is 176 g/mol. The molecule has 1 aliphatic heterocycles. The molecule has 0 spiro atoms. The first-order chi connectivity index (χ1) is 6.68. The van der Waals surface area contributed by atoms with Crippen molar-refractivity contribution in [2.45, 2.75) is 13.0 Å². The number of nitrogens with one attached hydrogen (secondary N) is 1. The highest BCUT2D eigenvalue weighted by molar-refractivity contribution is 5.89. The van der Waals surface area contributed by atoms with Gasteiger partial charge >= 0.3 is 0 Å². The van der Waals surface area contributed by atoms with Crippen molar-refractivity contribution < 1.29 is 4.79 Å². The Balaban J connectivity index is 2.41. The molecule has 72 valence electrons. The van der Waals surface area contributed by atoms with Gasteiger partial charge in [0.2, 0.25) is 5.91 Å². The van der Waals surface area contributed by atoms with Crippen LogP contribution in [0.5, 0.6) is 0 Å². The number of hydrogen-bond acceptors (Lipinski definition) is 2. The lowest BCUT2D eigenvalue weighted by Crippen LogP contribution is -2.35. The molecule has 14 heavy (non-hydrogen) atoms. The lowest BCUT2D eigenvalue weighted by atomic mass is 10.0. The van der Waals surface area contributed by atoms with Gasteiger partial charge in [0.05, 0.1) is 0 Å². The minimum Gasteiger partial charge on any atom is -0.370 e. The lowest BCUT2D eigenvalue weighted by molar-refractivity contribution is -0.117. The number of anilines is 1. The van der Waals surface area contributed by atoms with Crippen molar-refractivity contribution in [1.82, 2.24) is 0 Å². The van der Waals surface area contributed by atoms with Gasteiger partial charge in [0.15, 0.2) is 0 Å². The quantitative estimate of drug-likeness (QED) is 0.697. The molecular formula is C11H12N2O. The van der Waals surface area contributed by atoms with E-state index in [0.717, 1.165) is 11.3 Å². The van der Waals surface area contributed by atoms with Crippen molar-refractivity contribution in [1.29, 1.82) is 0 Å². The fourth-order valence-corrected chi connectivity index (χ4v) is 1.60. The predicted octanol–water partition coefficient (Wildman–Crippen LogP) is 1.29. The number of rotatable bonds is 1. The monoisotopic (exact) mass is 188 g/mol. The number of carbonyl (C=O) groups is 1. The third-order valence-electron chi connectivity index (χ3n) is 2.40. The number of benzene rings is 1. The van der Waals surface area contributed by atoms with Gasteiger partial charge in [-0.2, -0.15) is 0 Å². The van der Waals surface area contributed by atoms with Crippen molar-refractivity contribution in [3.63, 3.8) is 0 Å². The smallest absolute Gasteiger partial charge is 0.243 e. The van der Waals surface area contributed by atoms with Crippen molar-refractivity contribution in [2.24, 2.45) is 5.73 Å². The molecule has 1 amide bonds. The van der Waals surface area contributed by atoms with Crippen LogP contribution in [0.15, 0.2) is 24.3 Å². The minimum absolute atomic E-state index is 0.353. The van der Waals surface area contributed by atoms with Crippen LogP contribution < -0.4 is 11.1 Å². The lowest BCUT2D eigenvalue weighted by Gasteiger charge is -2.20. The van der Waals surface area contributed by atoms with Crippen molar-refractivity contribution in [3.05, 3.63) is 35.4 Å². The summed E-state index contributed by atoms with van der Waals surface area (Å²) >= 11 is 0. The number of hydrogen-bond donors (Lipinski definition) is 2. The maximum atomic E-state index is 11.0. The summed E-state index contributed by atoms with van der Waals surface area (Å²) in [6, 6.07) is 5.56. The molecule has 1 aromatic rings. The van der Waals surface area contributed by atoms with Gasteiger partial charge < -0.3 is 11.1 Å². The molecule has 3 heteroatoms. The average Bonchev–Trinajstić information content (AvgIpc) is 2.17. The van der Waals surface area contributed by atoms with Crippen LogP contribution in [0.25, 0.3) is 6.08 Å². The summed E-state index contributed by atoms with van der Waals surface area (Å²) in [7, 11) is 0. The van der Waals surface area contributed by atoms with Gasteiger partial charge in [0.1, 0.15) is 6.04 Å². The van der Waals surface area contributed by atoms with Crippen molar-refractivity contribution in [3.8, 4) is 0 Å². The summed E-state index contributed by atoms with van der Waals surface area (Å²) in [5, 5.41) is 3.08. The van der Waals surface area contributed by atoms with Crippen molar-refractivity contribution in [2.75, 3.05) is 5.32 Å². The summed E-state index contributed by atoms with van der Waals surface area (Å²) < 4.78 is 0. The molecule has 3 N–H and O–H groups in total. The Morgan fingerprint density at radius 2 is 2.29 bits per heavy atom. The molecule has 0 aromatic heterocycles. The van der Waals surface area contributed by atoms with Gasteiger partial charge in [0.25, 0.3) is 0 Å². The molecule has 1 unspecified atom stereocenters. The van der Waals surface area contributed by atoms with Crippen LogP contribution in [0.2, 0.25) is 0 Å². The van der Waals surface area contributed by atoms with Crippen LogP contribution in [0.1, 0.15) is 11.1 Å². The van der Waals surface area contributed by atoms with Crippen molar-refractivity contribution >= 4 is 17.7 Å². The molecule has 1 heterocycles. The molecule has 0 bridgehead atoms. The van der Waals surface area contributed by atoms with E-state index in [9.17, 15) is 4.79 Å². The largest absolute Gasteiger partial charge is 0.370 e. The van der Waals surface area contributed by atoms with E-state index < -0.39 is 0 Å². The molecule has 1 atom stereocenters. The Hall–Kier alpha value is -1.77. The van der Waals surface area contributed by atoms with E-state index in [1.54, 1.807) is 6.08 Å². The Labute approximate surface area is 82.6 Å². The first-order valence-electron chi connectivity index (χ1n) is 4.52. The normalized spacial score (nSPS) is 18.5. The molecule has 2 rings (SSSR count). The summed E-state index contributed by atoms with van der Waals surface area (Å²) in [5.41, 5.74) is 8.50. The number of nitrogens with two attached hydrogens (primary N) is 1. The number of fused-ring (bicyclic) bond motifs is 1. The van der Waals surface area contributed by atoms with Crippen LogP contribution in [0.3, 0.4) is 0 Å². The minimum atomic E-state index is -0.385. The average molecular weight is 188 g/mol. The van der Waals surface area contributed by atoms with Gasteiger partial charge in [-0.05, 0) is 18.6 Å². The van der Waals surface area contributed by atoms with Crippen LogP contribution in [-0.2, 0) is 4.79 Å². The second-order valence-corrected chi connectivity index (χ2v) is 3.42. The SMILES string of the molecule is Cc1cccc2c1C=CC(C(N)=O)N2. The Bertz CT molecular complexity index is 410. The van der Waals surface area contributed by atoms with E-state index >= 15 is 0 Å². The standard InChI is InChI=1S/C11H12N2O/c1-7-3-2-4-9-8(7)5-6-10(13-9)11(12)14/h2-6,10,13H,1H3,(H2,12,14). The van der Waals surface area contributed by atoms with Gasteiger partial charge in [-0.3, -0.25) is 4.79 Å². The van der Waals surface area contributed by atoms with Crippen LogP contribution in [-0.4, -0.2) is 11.9 Å². The molecule has 0 saturated carbocycles. The third kappa shape index (κ3) is 1.37. The first-order valence-corrected chi connectivity index (χ1v) is 4.52. The number of amides is 1. The Kier molecular flexibility index (Phi) is 2.00. The summed E-state index contributed by atoms with van der Waals surface area (Å²) in [5.74, 6) is -0.353. The molecule has 0 saturated heterocycles. The zero-order chi connectivity index (χ0) is 10.1. The zero-order valence-electron chi connectivity index (χ0n) is 7.95. The van der Waals surface area contributed by atoms with E-state index in [2.05, 4.69) is 5.32 Å². The predicted molar refractivity (Wildman–Crippen MR) is 56.8 cm³/mol. The second-order valence-electron chi connectivity index (χ2n) is 3.42. The highest BCUT2D eigenvalue weighted by Gasteiger charge is 2.17. The maximum Gasteiger partial charge on any atom is 0.243 e. The van der Waals surface area contributed by atoms with Gasteiger partial charge in [-0.25, -0.2) is 0 Å². The maximum absolute atomic E-state index is 11.0. The van der Waals surface area contributed by atoms with Crippen LogP contribution in [0.4, 0.5) is 5.69 Å². The summed E-state index contributed by atoms with van der Waals surface area (Å²) in [6.07, 6.45) is 3.73. The number of carbonyl (C=O) groups excluding carboxylic acids is 1. The number of primary amides is 1. The van der Waals surface area contributed by atoms with Crippen LogP contribution >= 0.6 is 0 Å². The highest BCUT2D eigenvalue weighted by Crippen LogP contribution is 2.25. The topological polar surface area (TPSA) is 55.1 Å². The molecule has 1 aromatic carbocycles. The zero-order valence-corrected chi connectivity index (χ0v) is 7.95. The highest BCUT2D eigenvalue weighted by atomic mass is 16.1. The molecule has 1 aliphatic rings.